The molecule has 0 aromatic carbocycles. The maximum absolute atomic E-state index is 5.80. The Morgan fingerprint density at radius 1 is 1.59 bits per heavy atom. The molecular weight excluding hydrogens is 232 g/mol. The molecule has 1 N–H and O–H groups in total. The molecule has 1 aliphatic rings. The standard InChI is InChI=1S/C13H22N2OS/c1-11(13-15-8-10-17-13)16-9-4-6-12-5-2-3-7-14-12/h8,10-12,14H,2-7,9H2,1H3/t11-,12+/m1/s1. The van der Waals surface area contributed by atoms with E-state index in [0.29, 0.717) is 0 Å². The number of piperidine rings is 1. The van der Waals surface area contributed by atoms with Crippen molar-refractivity contribution in [2.75, 3.05) is 13.2 Å². The van der Waals surface area contributed by atoms with Gasteiger partial charge in [0.2, 0.25) is 0 Å². The van der Waals surface area contributed by atoms with E-state index in [-0.39, 0.29) is 6.10 Å². The number of aromatic nitrogens is 1. The second kappa shape index (κ2) is 7.09. The predicted molar refractivity (Wildman–Crippen MR) is 71.4 cm³/mol. The van der Waals surface area contributed by atoms with Crippen LogP contribution in [0.25, 0.3) is 0 Å². The van der Waals surface area contributed by atoms with Gasteiger partial charge >= 0.3 is 0 Å². The van der Waals surface area contributed by atoms with E-state index in [9.17, 15) is 0 Å². The van der Waals surface area contributed by atoms with Crippen molar-refractivity contribution in [1.82, 2.24) is 10.3 Å². The Kier molecular flexibility index (Phi) is 5.42. The lowest BCUT2D eigenvalue weighted by Crippen LogP contribution is -2.34. The van der Waals surface area contributed by atoms with Crippen molar-refractivity contribution in [3.05, 3.63) is 16.6 Å². The second-order valence-electron chi connectivity index (χ2n) is 4.67. The van der Waals surface area contributed by atoms with E-state index in [0.717, 1.165) is 24.1 Å². The fourth-order valence-electron chi connectivity index (χ4n) is 2.27. The van der Waals surface area contributed by atoms with Crippen molar-refractivity contribution in [3.63, 3.8) is 0 Å². The molecule has 0 bridgehead atoms. The number of rotatable bonds is 6. The van der Waals surface area contributed by atoms with Gasteiger partial charge in [0.05, 0.1) is 0 Å². The van der Waals surface area contributed by atoms with Crippen LogP contribution >= 0.6 is 11.3 Å². The van der Waals surface area contributed by atoms with Gasteiger partial charge in [-0.25, -0.2) is 4.98 Å². The van der Waals surface area contributed by atoms with Gasteiger partial charge in [-0.05, 0) is 39.2 Å². The van der Waals surface area contributed by atoms with Crippen LogP contribution in [0.5, 0.6) is 0 Å². The highest BCUT2D eigenvalue weighted by Crippen LogP contribution is 2.19. The van der Waals surface area contributed by atoms with Gasteiger partial charge < -0.3 is 10.1 Å². The Bertz CT molecular complexity index is 296. The maximum Gasteiger partial charge on any atom is 0.121 e. The summed E-state index contributed by atoms with van der Waals surface area (Å²) in [5.74, 6) is 0. The molecule has 1 aliphatic heterocycles. The molecule has 1 aromatic heterocycles. The van der Waals surface area contributed by atoms with Crippen molar-refractivity contribution in [3.8, 4) is 0 Å². The average Bonchev–Trinajstić information content (AvgIpc) is 2.89. The zero-order valence-electron chi connectivity index (χ0n) is 10.5. The minimum absolute atomic E-state index is 0.148. The summed E-state index contributed by atoms with van der Waals surface area (Å²) < 4.78 is 5.80. The van der Waals surface area contributed by atoms with Crippen molar-refractivity contribution >= 4 is 11.3 Å². The van der Waals surface area contributed by atoms with E-state index in [1.54, 1.807) is 11.3 Å². The zero-order chi connectivity index (χ0) is 11.9. The molecule has 3 nitrogen and oxygen atoms in total. The molecule has 1 aromatic rings. The molecule has 1 saturated heterocycles. The van der Waals surface area contributed by atoms with Crippen LogP contribution in [0.3, 0.4) is 0 Å². The smallest absolute Gasteiger partial charge is 0.121 e. The summed E-state index contributed by atoms with van der Waals surface area (Å²) in [4.78, 5) is 4.27. The van der Waals surface area contributed by atoms with Crippen LogP contribution in [-0.2, 0) is 4.74 Å². The van der Waals surface area contributed by atoms with Crippen LogP contribution in [0.2, 0.25) is 0 Å². The van der Waals surface area contributed by atoms with Gasteiger partial charge in [-0.2, -0.15) is 0 Å². The number of hydrogen-bond acceptors (Lipinski definition) is 4. The third kappa shape index (κ3) is 4.37. The SMILES string of the molecule is C[C@@H](OCCC[C@@H]1CCCCN1)c1nccs1. The van der Waals surface area contributed by atoms with Crippen molar-refractivity contribution in [2.45, 2.75) is 51.2 Å². The van der Waals surface area contributed by atoms with E-state index < -0.39 is 0 Å². The third-order valence-electron chi connectivity index (χ3n) is 3.28. The van der Waals surface area contributed by atoms with Gasteiger partial charge in [-0.15, -0.1) is 11.3 Å². The Labute approximate surface area is 108 Å². The molecule has 96 valence electrons. The number of nitrogens with zero attached hydrogens (tertiary/aromatic N) is 1. The van der Waals surface area contributed by atoms with Gasteiger partial charge in [0.15, 0.2) is 0 Å². The highest BCUT2D eigenvalue weighted by Gasteiger charge is 2.12. The zero-order valence-corrected chi connectivity index (χ0v) is 11.3. The van der Waals surface area contributed by atoms with Gasteiger partial charge in [0.1, 0.15) is 11.1 Å². The van der Waals surface area contributed by atoms with E-state index in [1.165, 1.54) is 32.2 Å². The Hall–Kier alpha value is -0.450. The molecule has 1 fully saturated rings. The van der Waals surface area contributed by atoms with Crippen LogP contribution in [-0.4, -0.2) is 24.2 Å². The minimum Gasteiger partial charge on any atom is -0.371 e. The van der Waals surface area contributed by atoms with Crippen LogP contribution in [0.15, 0.2) is 11.6 Å². The topological polar surface area (TPSA) is 34.1 Å². The predicted octanol–water partition coefficient (Wildman–Crippen LogP) is 3.14. The summed E-state index contributed by atoms with van der Waals surface area (Å²) in [6.07, 6.45) is 8.43. The molecule has 2 heterocycles. The summed E-state index contributed by atoms with van der Waals surface area (Å²) in [6, 6.07) is 0.725. The van der Waals surface area contributed by atoms with Gasteiger partial charge in [0, 0.05) is 24.2 Å². The molecule has 0 saturated carbocycles. The molecule has 0 unspecified atom stereocenters. The largest absolute Gasteiger partial charge is 0.371 e. The second-order valence-corrected chi connectivity index (χ2v) is 5.60. The summed E-state index contributed by atoms with van der Waals surface area (Å²) in [6.45, 7) is 4.12. The minimum atomic E-state index is 0.148. The highest BCUT2D eigenvalue weighted by atomic mass is 32.1. The van der Waals surface area contributed by atoms with Gasteiger partial charge in [-0.1, -0.05) is 6.42 Å². The molecule has 2 rings (SSSR count). The Balaban J connectivity index is 1.56. The number of hydrogen-bond donors (Lipinski definition) is 1. The lowest BCUT2D eigenvalue weighted by molar-refractivity contribution is 0.0610. The Morgan fingerprint density at radius 2 is 2.53 bits per heavy atom. The van der Waals surface area contributed by atoms with E-state index >= 15 is 0 Å². The normalized spacial score (nSPS) is 22.5. The van der Waals surface area contributed by atoms with Crippen molar-refractivity contribution < 1.29 is 4.74 Å². The van der Waals surface area contributed by atoms with E-state index in [2.05, 4.69) is 17.2 Å². The lowest BCUT2D eigenvalue weighted by atomic mass is 10.0. The number of thiazole rings is 1. The molecule has 0 amide bonds. The highest BCUT2D eigenvalue weighted by molar-refractivity contribution is 7.09. The van der Waals surface area contributed by atoms with E-state index in [4.69, 9.17) is 4.74 Å². The molecule has 17 heavy (non-hydrogen) atoms. The average molecular weight is 254 g/mol. The first-order chi connectivity index (χ1) is 8.36. The molecule has 0 spiro atoms. The van der Waals surface area contributed by atoms with Crippen LogP contribution in [0.4, 0.5) is 0 Å². The fourth-order valence-corrected chi connectivity index (χ4v) is 2.91. The van der Waals surface area contributed by atoms with Crippen LogP contribution in [0.1, 0.15) is 50.1 Å². The van der Waals surface area contributed by atoms with Gasteiger partial charge in [0.25, 0.3) is 0 Å². The first kappa shape index (κ1) is 13.0. The fraction of sp³-hybridized carbons (Fsp3) is 0.769. The maximum atomic E-state index is 5.80. The monoisotopic (exact) mass is 254 g/mol. The lowest BCUT2D eigenvalue weighted by Gasteiger charge is -2.23. The first-order valence-corrected chi connectivity index (χ1v) is 7.48. The third-order valence-corrected chi connectivity index (χ3v) is 4.21. The quantitative estimate of drug-likeness (QED) is 0.792. The summed E-state index contributed by atoms with van der Waals surface area (Å²) in [7, 11) is 0. The van der Waals surface area contributed by atoms with Crippen LogP contribution in [0, 0.1) is 0 Å². The summed E-state index contributed by atoms with van der Waals surface area (Å²) in [5.41, 5.74) is 0. The first-order valence-electron chi connectivity index (χ1n) is 6.60. The van der Waals surface area contributed by atoms with Crippen LogP contribution < -0.4 is 5.32 Å². The molecular formula is C13H22N2OS. The summed E-state index contributed by atoms with van der Waals surface area (Å²) >= 11 is 1.67. The number of nitrogens with one attached hydrogen (secondary N) is 1. The molecule has 0 aliphatic carbocycles. The molecule has 4 heteroatoms. The summed E-state index contributed by atoms with van der Waals surface area (Å²) in [5, 5.41) is 6.65. The molecule has 0 radical (unpaired) electrons. The van der Waals surface area contributed by atoms with Crippen molar-refractivity contribution in [2.24, 2.45) is 0 Å². The Morgan fingerprint density at radius 3 is 3.24 bits per heavy atom. The number of ether oxygens (including phenoxy) is 1. The van der Waals surface area contributed by atoms with Crippen molar-refractivity contribution in [1.29, 1.82) is 0 Å². The van der Waals surface area contributed by atoms with E-state index in [1.807, 2.05) is 11.6 Å². The van der Waals surface area contributed by atoms with Gasteiger partial charge in [-0.3, -0.25) is 0 Å². The molecule has 2 atom stereocenters.